The molecule has 0 saturated carbocycles. The summed E-state index contributed by atoms with van der Waals surface area (Å²) in [6, 6.07) is 12.9. The average Bonchev–Trinajstić information content (AvgIpc) is 2.86. The third-order valence-corrected chi connectivity index (χ3v) is 4.77. The van der Waals surface area contributed by atoms with E-state index in [-0.39, 0.29) is 12.4 Å². The van der Waals surface area contributed by atoms with Gasteiger partial charge in [-0.15, -0.1) is 23.7 Å². The lowest BCUT2D eigenvalue weighted by atomic mass is 10.1. The van der Waals surface area contributed by atoms with Gasteiger partial charge in [0.05, 0.1) is 9.90 Å². The fraction of sp³-hybridized carbons (Fsp3) is 0.143. The van der Waals surface area contributed by atoms with Crippen molar-refractivity contribution in [1.29, 1.82) is 0 Å². The molecule has 0 radical (unpaired) electrons. The van der Waals surface area contributed by atoms with Crippen LogP contribution in [0.4, 0.5) is 5.69 Å². The monoisotopic (exact) mass is 295 g/mol. The van der Waals surface area contributed by atoms with E-state index in [4.69, 9.17) is 0 Å². The number of hydrogen-bond acceptors (Lipinski definition) is 3. The van der Waals surface area contributed by atoms with Crippen LogP contribution in [0.3, 0.4) is 0 Å². The van der Waals surface area contributed by atoms with Crippen molar-refractivity contribution in [2.45, 2.75) is 10.6 Å². The average molecular weight is 296 g/mol. The van der Waals surface area contributed by atoms with E-state index in [0.717, 1.165) is 13.0 Å². The van der Waals surface area contributed by atoms with Crippen molar-refractivity contribution >= 4 is 41.2 Å². The minimum atomic E-state index is 0. The van der Waals surface area contributed by atoms with E-state index in [1.54, 1.807) is 0 Å². The van der Waals surface area contributed by atoms with Gasteiger partial charge in [-0.2, -0.15) is 0 Å². The second kappa shape index (κ2) is 6.32. The highest BCUT2D eigenvalue weighted by Crippen LogP contribution is 2.39. The van der Waals surface area contributed by atoms with Gasteiger partial charge in [0.2, 0.25) is 0 Å². The summed E-state index contributed by atoms with van der Waals surface area (Å²) in [5.41, 5.74) is 2.76. The zero-order valence-electron chi connectivity index (χ0n) is 9.78. The lowest BCUT2D eigenvalue weighted by molar-refractivity contribution is 0.903. The smallest absolute Gasteiger partial charge is 0.0878 e. The Bertz CT molecular complexity index is 522. The van der Waals surface area contributed by atoms with Gasteiger partial charge in [-0.25, -0.2) is 0 Å². The van der Waals surface area contributed by atoms with E-state index >= 15 is 0 Å². The Hall–Kier alpha value is -0.900. The molecule has 1 nitrogen and oxygen atoms in total. The molecule has 0 bridgehead atoms. The zero-order valence-corrected chi connectivity index (χ0v) is 12.2. The van der Waals surface area contributed by atoms with Crippen molar-refractivity contribution in [2.24, 2.45) is 0 Å². The number of thioether (sulfide) groups is 1. The number of rotatable bonds is 3. The molecular weight excluding hydrogens is 282 g/mol. The molecule has 0 spiro atoms. The second-order valence-electron chi connectivity index (χ2n) is 3.93. The largest absolute Gasteiger partial charge is 0.346 e. The fourth-order valence-corrected chi connectivity index (χ4v) is 3.74. The van der Waals surface area contributed by atoms with Crippen LogP contribution in [0.15, 0.2) is 57.6 Å². The Kier molecular flexibility index (Phi) is 4.75. The van der Waals surface area contributed by atoms with Gasteiger partial charge in [0.25, 0.3) is 0 Å². The molecular formula is C14H14ClNS2. The van der Waals surface area contributed by atoms with Crippen LogP contribution in [-0.4, -0.2) is 6.54 Å². The van der Waals surface area contributed by atoms with Crippen LogP contribution < -0.4 is 4.90 Å². The van der Waals surface area contributed by atoms with Crippen molar-refractivity contribution in [3.63, 3.8) is 0 Å². The first kappa shape index (κ1) is 13.5. The van der Waals surface area contributed by atoms with E-state index in [1.165, 1.54) is 15.5 Å². The SMILES string of the molecule is C1=CN(CCc2ccccc2)c2ccsc2S1.Cl. The van der Waals surface area contributed by atoms with Crippen molar-refractivity contribution in [1.82, 2.24) is 0 Å². The summed E-state index contributed by atoms with van der Waals surface area (Å²) in [4.78, 5) is 2.34. The van der Waals surface area contributed by atoms with Crippen LogP contribution in [0.5, 0.6) is 0 Å². The number of benzene rings is 1. The van der Waals surface area contributed by atoms with Gasteiger partial charge in [-0.3, -0.25) is 0 Å². The van der Waals surface area contributed by atoms with Gasteiger partial charge >= 0.3 is 0 Å². The maximum absolute atomic E-state index is 2.34. The molecule has 0 amide bonds. The molecule has 1 aromatic heterocycles. The molecule has 0 fully saturated rings. The number of thiophene rings is 1. The van der Waals surface area contributed by atoms with Crippen LogP contribution in [0.1, 0.15) is 5.56 Å². The van der Waals surface area contributed by atoms with E-state index in [2.05, 4.69) is 58.3 Å². The fourth-order valence-electron chi connectivity index (χ4n) is 1.93. The summed E-state index contributed by atoms with van der Waals surface area (Å²) in [5.74, 6) is 0. The highest BCUT2D eigenvalue weighted by atomic mass is 35.5. The maximum Gasteiger partial charge on any atom is 0.0878 e. The predicted molar refractivity (Wildman–Crippen MR) is 84.1 cm³/mol. The van der Waals surface area contributed by atoms with E-state index < -0.39 is 0 Å². The molecule has 1 aliphatic rings. The molecule has 0 N–H and O–H groups in total. The summed E-state index contributed by atoms with van der Waals surface area (Å²) in [7, 11) is 0. The molecule has 4 heteroatoms. The summed E-state index contributed by atoms with van der Waals surface area (Å²) in [5, 5.41) is 4.34. The van der Waals surface area contributed by atoms with Crippen LogP contribution in [0.25, 0.3) is 0 Å². The van der Waals surface area contributed by atoms with Gasteiger partial charge < -0.3 is 4.90 Å². The lowest BCUT2D eigenvalue weighted by Crippen LogP contribution is -2.20. The number of anilines is 1. The van der Waals surface area contributed by atoms with Gasteiger partial charge in [-0.1, -0.05) is 42.1 Å². The molecule has 3 rings (SSSR count). The van der Waals surface area contributed by atoms with Gasteiger partial charge in [0.1, 0.15) is 0 Å². The molecule has 18 heavy (non-hydrogen) atoms. The van der Waals surface area contributed by atoms with Crippen molar-refractivity contribution in [3.05, 3.63) is 58.9 Å². The van der Waals surface area contributed by atoms with Crippen molar-refractivity contribution in [3.8, 4) is 0 Å². The zero-order chi connectivity index (χ0) is 11.5. The molecule has 0 saturated heterocycles. The Morgan fingerprint density at radius 1 is 1.06 bits per heavy atom. The Morgan fingerprint density at radius 2 is 1.89 bits per heavy atom. The topological polar surface area (TPSA) is 3.24 Å². The van der Waals surface area contributed by atoms with Crippen LogP contribution >= 0.6 is 35.5 Å². The molecule has 1 aliphatic heterocycles. The summed E-state index contributed by atoms with van der Waals surface area (Å²) >= 11 is 3.64. The molecule has 0 aliphatic carbocycles. The summed E-state index contributed by atoms with van der Waals surface area (Å²) < 4.78 is 1.40. The molecule has 1 aromatic carbocycles. The summed E-state index contributed by atoms with van der Waals surface area (Å²) in [6.07, 6.45) is 3.27. The van der Waals surface area contributed by atoms with Crippen molar-refractivity contribution in [2.75, 3.05) is 11.4 Å². The highest BCUT2D eigenvalue weighted by Gasteiger charge is 2.13. The maximum atomic E-state index is 2.34. The first-order chi connectivity index (χ1) is 8.43. The number of halogens is 1. The number of hydrogen-bond donors (Lipinski definition) is 0. The third kappa shape index (κ3) is 2.91. The summed E-state index contributed by atoms with van der Waals surface area (Å²) in [6.45, 7) is 1.05. The molecule has 0 atom stereocenters. The van der Waals surface area contributed by atoms with E-state index in [9.17, 15) is 0 Å². The van der Waals surface area contributed by atoms with Crippen LogP contribution in [0.2, 0.25) is 0 Å². The first-order valence-corrected chi connectivity index (χ1v) is 7.41. The predicted octanol–water partition coefficient (Wildman–Crippen LogP) is 4.80. The van der Waals surface area contributed by atoms with Gasteiger partial charge in [-0.05, 0) is 28.8 Å². The number of fused-ring (bicyclic) bond motifs is 1. The Balaban J connectivity index is 0.00000120. The normalized spacial score (nSPS) is 13.0. The van der Waals surface area contributed by atoms with Crippen molar-refractivity contribution < 1.29 is 0 Å². The molecule has 2 aromatic rings. The first-order valence-electron chi connectivity index (χ1n) is 5.65. The Morgan fingerprint density at radius 3 is 2.72 bits per heavy atom. The van der Waals surface area contributed by atoms with E-state index in [1.807, 2.05) is 23.1 Å². The van der Waals surface area contributed by atoms with Crippen LogP contribution in [0, 0.1) is 0 Å². The molecule has 0 unspecified atom stereocenters. The highest BCUT2D eigenvalue weighted by molar-refractivity contribution is 8.04. The number of nitrogens with zero attached hydrogens (tertiary/aromatic N) is 1. The standard InChI is InChI=1S/C14H13NS2.ClH/c1-2-4-12(5-3-1)6-8-15-9-11-17-14-13(15)7-10-16-14;/h1-5,7,9-11H,6,8H2;1H. The molecule has 2 heterocycles. The van der Waals surface area contributed by atoms with Gasteiger partial charge in [0, 0.05) is 12.7 Å². The quantitative estimate of drug-likeness (QED) is 0.800. The third-order valence-electron chi connectivity index (χ3n) is 2.82. The molecule has 94 valence electrons. The Labute approximate surface area is 122 Å². The van der Waals surface area contributed by atoms with E-state index in [0.29, 0.717) is 0 Å². The second-order valence-corrected chi connectivity index (χ2v) is 6.02. The van der Waals surface area contributed by atoms with Crippen LogP contribution in [-0.2, 0) is 6.42 Å². The van der Waals surface area contributed by atoms with Gasteiger partial charge in [0.15, 0.2) is 0 Å². The lowest BCUT2D eigenvalue weighted by Gasteiger charge is -2.23. The minimum Gasteiger partial charge on any atom is -0.346 e. The minimum absolute atomic E-state index is 0.